The van der Waals surface area contributed by atoms with Gasteiger partial charge in [0.05, 0.1) is 0 Å². The van der Waals surface area contributed by atoms with Crippen LogP contribution in [-0.2, 0) is 107 Å². The molecule has 0 atom stereocenters. The average Bonchev–Trinajstić information content (AvgIpc) is 2.38. The number of rotatable bonds is 9. The Balaban J connectivity index is -0.000000110. The van der Waals surface area contributed by atoms with Gasteiger partial charge in [-0.2, -0.15) is 0 Å². The fraction of sp³-hybridized carbons (Fsp3) is 0. The maximum atomic E-state index is 9.37. The van der Waals surface area contributed by atoms with Gasteiger partial charge in [0.25, 0.3) is 0 Å². The van der Waals surface area contributed by atoms with Gasteiger partial charge in [0.2, 0.25) is 62.4 Å². The molecule has 0 aliphatic rings. The second-order valence-electron chi connectivity index (χ2n) is 2.86. The SMILES string of the molecule is O=S(=O)([O-])OOS(=O)(=O)[O-].O=S(=O)([O-])OOS(=O)(=O)[O-].O=S(=O)([O-])OOS(=O)(=O)[O-].[NH4+].[V]. The largest absolute Gasteiger partial charge is 0.724 e. The first-order valence-corrected chi connectivity index (χ1v) is 12.5. The van der Waals surface area contributed by atoms with Gasteiger partial charge in [-0.3, -0.25) is 0 Å². The maximum Gasteiger partial charge on any atom is 0.246 e. The second-order valence-corrected chi connectivity index (χ2v) is 8.57. The van der Waals surface area contributed by atoms with E-state index in [0.717, 1.165) is 0 Å². The van der Waals surface area contributed by atoms with Crippen LogP contribution in [0.5, 0.6) is 0 Å². The molecule has 0 amide bonds. The van der Waals surface area contributed by atoms with E-state index in [0.29, 0.717) is 0 Å². The minimum absolute atomic E-state index is 0. The molecule has 0 saturated carbocycles. The maximum absolute atomic E-state index is 9.37. The van der Waals surface area contributed by atoms with E-state index in [2.05, 4.69) is 26.0 Å². The smallest absolute Gasteiger partial charge is 0.246 e. The molecule has 32 heavy (non-hydrogen) atoms. The first kappa shape index (κ1) is 42.0. The molecule has 0 aliphatic carbocycles. The molecule has 0 aromatic carbocycles. The van der Waals surface area contributed by atoms with Gasteiger partial charge in [-0.05, 0) is 0 Å². The first-order valence-electron chi connectivity index (χ1n) is 4.50. The summed E-state index contributed by atoms with van der Waals surface area (Å²) in [5.41, 5.74) is 0. The molecule has 0 unspecified atom stereocenters. The topological polar surface area (TPSA) is 435 Å². The summed E-state index contributed by atoms with van der Waals surface area (Å²) in [6.07, 6.45) is 0. The van der Waals surface area contributed by atoms with Crippen LogP contribution in [0.4, 0.5) is 0 Å². The summed E-state index contributed by atoms with van der Waals surface area (Å²) in [5.74, 6) is 0. The Hall–Kier alpha value is -0.236. The summed E-state index contributed by atoms with van der Waals surface area (Å²) in [5, 5.41) is 0. The van der Waals surface area contributed by atoms with Crippen molar-refractivity contribution in [3.63, 3.8) is 0 Å². The van der Waals surface area contributed by atoms with Crippen molar-refractivity contribution >= 4 is 62.4 Å². The van der Waals surface area contributed by atoms with E-state index in [1.54, 1.807) is 0 Å². The molecule has 32 heteroatoms. The van der Waals surface area contributed by atoms with E-state index in [1.165, 1.54) is 0 Å². The van der Waals surface area contributed by atoms with Crippen molar-refractivity contribution in [2.45, 2.75) is 0 Å². The fourth-order valence-corrected chi connectivity index (χ4v) is 1.84. The van der Waals surface area contributed by atoms with Crippen molar-refractivity contribution in [3.05, 3.63) is 0 Å². The van der Waals surface area contributed by atoms with Crippen LogP contribution in [0.25, 0.3) is 0 Å². The van der Waals surface area contributed by atoms with Gasteiger partial charge in [0, 0.05) is 18.6 Å². The van der Waals surface area contributed by atoms with Crippen LogP contribution in [0.2, 0.25) is 0 Å². The molecular formula is H4NO24S6V-5. The van der Waals surface area contributed by atoms with Crippen molar-refractivity contribution in [3.8, 4) is 0 Å². The van der Waals surface area contributed by atoms with Crippen molar-refractivity contribution < 1.29 is 122 Å². The van der Waals surface area contributed by atoms with Gasteiger partial charge < -0.3 is 33.5 Å². The molecule has 0 spiro atoms. The van der Waals surface area contributed by atoms with Gasteiger partial charge in [0.15, 0.2) is 0 Å². The molecule has 0 heterocycles. The third-order valence-corrected chi connectivity index (χ3v) is 2.25. The predicted octanol–water partition coefficient (Wildman–Crippen LogP) is -6.06. The van der Waals surface area contributed by atoms with Crippen molar-refractivity contribution in [1.29, 1.82) is 0 Å². The molecular weight excluding hydrogens is 641 g/mol. The Bertz CT molecular complexity index is 895. The molecule has 0 aromatic heterocycles. The molecule has 0 aliphatic heterocycles. The zero-order valence-corrected chi connectivity index (χ0v) is 20.0. The monoisotopic (exact) mass is 645 g/mol. The van der Waals surface area contributed by atoms with Crippen LogP contribution in [0.15, 0.2) is 0 Å². The Morgan fingerprint density at radius 3 is 0.406 bits per heavy atom. The number of quaternary nitrogens is 1. The molecule has 4 N–H and O–H groups in total. The van der Waals surface area contributed by atoms with E-state index >= 15 is 0 Å². The van der Waals surface area contributed by atoms with Crippen molar-refractivity contribution in [2.75, 3.05) is 0 Å². The molecule has 25 nitrogen and oxygen atoms in total. The molecule has 0 fully saturated rings. The standard InChI is InChI=1S/H3N.3H2O8S2.V/c;3*1-9(2,3)7-8-10(4,5)6;/h1H3;3*(H,1,2,3)(H,4,5,6);/p-5. The normalized spacial score (nSPS) is 12.6. The quantitative estimate of drug-likeness (QED) is 0.105. The van der Waals surface area contributed by atoms with Crippen molar-refractivity contribution in [2.24, 2.45) is 0 Å². The molecule has 0 bridgehead atoms. The third kappa shape index (κ3) is 57.1. The summed E-state index contributed by atoms with van der Waals surface area (Å²) in [6, 6.07) is 0. The van der Waals surface area contributed by atoms with Gasteiger partial charge in [-0.1, -0.05) is 0 Å². The van der Waals surface area contributed by atoms with E-state index in [-0.39, 0.29) is 24.7 Å². The van der Waals surface area contributed by atoms with E-state index < -0.39 is 62.4 Å². The number of hydrogen-bond donors (Lipinski definition) is 1. The minimum atomic E-state index is -5.31. The molecule has 1 radical (unpaired) electrons. The van der Waals surface area contributed by atoms with E-state index in [9.17, 15) is 77.8 Å². The molecule has 0 saturated heterocycles. The van der Waals surface area contributed by atoms with Crippen LogP contribution < -0.4 is 6.15 Å². The average molecular weight is 645 g/mol. The first-order chi connectivity index (χ1) is 12.6. The van der Waals surface area contributed by atoms with Crippen LogP contribution >= 0.6 is 0 Å². The minimum Gasteiger partial charge on any atom is -0.724 e. The summed E-state index contributed by atoms with van der Waals surface area (Å²) in [6.45, 7) is 0. The Labute approximate surface area is 190 Å². The Morgan fingerprint density at radius 1 is 0.312 bits per heavy atom. The van der Waals surface area contributed by atoms with E-state index in [1.807, 2.05) is 0 Å². The van der Waals surface area contributed by atoms with Gasteiger partial charge in [-0.25, -0.2) is 50.5 Å². The van der Waals surface area contributed by atoms with Crippen LogP contribution in [0, 0.1) is 0 Å². The van der Waals surface area contributed by atoms with Gasteiger partial charge in [0.1, 0.15) is 0 Å². The van der Waals surface area contributed by atoms with Gasteiger partial charge in [-0.15, -0.1) is 26.0 Å². The zero-order valence-electron chi connectivity index (χ0n) is 13.7. The van der Waals surface area contributed by atoms with Crippen LogP contribution in [0.3, 0.4) is 0 Å². The molecule has 199 valence electrons. The Morgan fingerprint density at radius 2 is 0.375 bits per heavy atom. The van der Waals surface area contributed by atoms with Gasteiger partial charge >= 0.3 is 0 Å². The van der Waals surface area contributed by atoms with E-state index in [4.69, 9.17) is 0 Å². The summed E-state index contributed by atoms with van der Waals surface area (Å²) in [7, 11) is -31.9. The summed E-state index contributed by atoms with van der Waals surface area (Å²) >= 11 is 0. The second kappa shape index (κ2) is 15.6. The number of hydrogen-bond acceptors (Lipinski definition) is 24. The third-order valence-electron chi connectivity index (χ3n) is 0.583. The molecule has 0 aromatic rings. The van der Waals surface area contributed by atoms with Crippen LogP contribution in [-0.4, -0.2) is 77.8 Å². The predicted molar refractivity (Wildman–Crippen MR) is 70.7 cm³/mol. The molecule has 0 rings (SSSR count). The van der Waals surface area contributed by atoms with Crippen LogP contribution in [0.1, 0.15) is 0 Å². The summed E-state index contributed by atoms with van der Waals surface area (Å²) in [4.78, 5) is 0. The zero-order chi connectivity index (χ0) is 25.2. The summed E-state index contributed by atoms with van der Waals surface area (Å²) < 4.78 is 184. The Kier molecular flexibility index (Phi) is 20.5. The fourth-order valence-electron chi connectivity index (χ4n) is 0.204. The van der Waals surface area contributed by atoms with Crippen molar-refractivity contribution in [1.82, 2.24) is 6.15 Å².